The predicted molar refractivity (Wildman–Crippen MR) is 98.5 cm³/mol. The van der Waals surface area contributed by atoms with Crippen LogP contribution in [0, 0.1) is 10.9 Å². The Morgan fingerprint density at radius 1 is 1.29 bits per heavy atom. The molecular weight excluding hydrogens is 340 g/mol. The fourth-order valence-electron chi connectivity index (χ4n) is 2.41. The van der Waals surface area contributed by atoms with Gasteiger partial charge in [-0.1, -0.05) is 29.8 Å². The molecule has 2 heterocycles. The molecule has 0 unspecified atom stereocenters. The summed E-state index contributed by atoms with van der Waals surface area (Å²) in [5, 5.41) is 2.01. The summed E-state index contributed by atoms with van der Waals surface area (Å²) in [7, 11) is 1.77. The molecule has 0 radical (unpaired) electrons. The van der Waals surface area contributed by atoms with Crippen LogP contribution in [0.25, 0.3) is 11.3 Å². The third-order valence-corrected chi connectivity index (χ3v) is 5.09. The Labute approximate surface area is 150 Å². The highest BCUT2D eigenvalue weighted by Crippen LogP contribution is 2.24. The van der Waals surface area contributed by atoms with Crippen molar-refractivity contribution in [2.75, 3.05) is 7.05 Å². The summed E-state index contributed by atoms with van der Waals surface area (Å²) in [6.07, 6.45) is 1.61. The maximum Gasteiger partial charge on any atom is 0.242 e. The van der Waals surface area contributed by atoms with Gasteiger partial charge in [0.2, 0.25) is 5.91 Å². The van der Waals surface area contributed by atoms with E-state index in [1.54, 1.807) is 18.2 Å². The molecular formula is C18H18N2O2S2. The molecule has 0 aliphatic carbocycles. The molecule has 0 atom stereocenters. The van der Waals surface area contributed by atoms with Crippen LogP contribution < -0.4 is 0 Å². The van der Waals surface area contributed by atoms with Crippen LogP contribution in [0.15, 0.2) is 52.5 Å². The Kier molecular flexibility index (Phi) is 4.97. The number of thiazole rings is 1. The summed E-state index contributed by atoms with van der Waals surface area (Å²) in [6, 6.07) is 11.9. The van der Waals surface area contributed by atoms with E-state index in [1.807, 2.05) is 22.1 Å². The molecule has 1 aromatic carbocycles. The second-order valence-electron chi connectivity index (χ2n) is 5.67. The number of nitrogens with zero attached hydrogens (tertiary/aromatic N) is 2. The van der Waals surface area contributed by atoms with Gasteiger partial charge in [0.25, 0.3) is 0 Å². The number of aromatic nitrogens is 1. The van der Waals surface area contributed by atoms with Gasteiger partial charge >= 0.3 is 0 Å². The lowest BCUT2D eigenvalue weighted by molar-refractivity contribution is -0.131. The molecule has 24 heavy (non-hydrogen) atoms. The molecule has 2 aromatic heterocycles. The highest BCUT2D eigenvalue weighted by Gasteiger charge is 2.15. The SMILES string of the molecule is Cc1ccc(-c2csc(=S)n2CC(=O)N(C)Cc2ccco2)cc1. The summed E-state index contributed by atoms with van der Waals surface area (Å²) in [4.78, 5) is 14.2. The molecule has 3 rings (SSSR count). The third kappa shape index (κ3) is 3.66. The molecule has 0 N–H and O–H groups in total. The molecule has 6 heteroatoms. The Bertz CT molecular complexity index is 877. The van der Waals surface area contributed by atoms with Gasteiger partial charge in [-0.05, 0) is 36.8 Å². The maximum absolute atomic E-state index is 12.5. The minimum absolute atomic E-state index is 0.00531. The van der Waals surface area contributed by atoms with Gasteiger partial charge in [-0.2, -0.15) is 0 Å². The normalized spacial score (nSPS) is 10.8. The smallest absolute Gasteiger partial charge is 0.242 e. The van der Waals surface area contributed by atoms with Crippen LogP contribution in [0.5, 0.6) is 0 Å². The highest BCUT2D eigenvalue weighted by molar-refractivity contribution is 7.73. The van der Waals surface area contributed by atoms with Gasteiger partial charge in [-0.15, -0.1) is 11.3 Å². The van der Waals surface area contributed by atoms with Gasteiger partial charge in [0, 0.05) is 12.4 Å². The van der Waals surface area contributed by atoms with Crippen LogP contribution in [0.1, 0.15) is 11.3 Å². The monoisotopic (exact) mass is 358 g/mol. The van der Waals surface area contributed by atoms with Crippen LogP contribution in [-0.4, -0.2) is 22.4 Å². The largest absolute Gasteiger partial charge is 0.467 e. The number of benzene rings is 1. The van der Waals surface area contributed by atoms with Gasteiger partial charge in [0.15, 0.2) is 3.95 Å². The van der Waals surface area contributed by atoms with E-state index in [0.717, 1.165) is 17.0 Å². The molecule has 0 saturated carbocycles. The van der Waals surface area contributed by atoms with Gasteiger partial charge < -0.3 is 13.9 Å². The molecule has 0 aliphatic rings. The molecule has 4 nitrogen and oxygen atoms in total. The summed E-state index contributed by atoms with van der Waals surface area (Å²) in [6.45, 7) is 2.73. The number of hydrogen-bond donors (Lipinski definition) is 0. The van der Waals surface area contributed by atoms with Gasteiger partial charge in [-0.25, -0.2) is 0 Å². The average Bonchev–Trinajstić information content (AvgIpc) is 3.19. The molecule has 0 fully saturated rings. The van der Waals surface area contributed by atoms with E-state index < -0.39 is 0 Å². The number of furan rings is 1. The lowest BCUT2D eigenvalue weighted by atomic mass is 10.1. The van der Waals surface area contributed by atoms with E-state index in [4.69, 9.17) is 16.6 Å². The number of carbonyl (C=O) groups is 1. The zero-order chi connectivity index (χ0) is 17.1. The number of carbonyl (C=O) groups excluding carboxylic acids is 1. The average molecular weight is 358 g/mol. The Morgan fingerprint density at radius 2 is 2.04 bits per heavy atom. The van der Waals surface area contributed by atoms with Crippen molar-refractivity contribution in [2.24, 2.45) is 0 Å². The first kappa shape index (κ1) is 16.7. The minimum Gasteiger partial charge on any atom is -0.467 e. The zero-order valence-electron chi connectivity index (χ0n) is 13.6. The van der Waals surface area contributed by atoms with Gasteiger partial charge in [0.1, 0.15) is 12.3 Å². The van der Waals surface area contributed by atoms with E-state index >= 15 is 0 Å². The van der Waals surface area contributed by atoms with Crippen molar-refractivity contribution in [1.29, 1.82) is 0 Å². The summed E-state index contributed by atoms with van der Waals surface area (Å²) >= 11 is 6.89. The molecule has 124 valence electrons. The second kappa shape index (κ2) is 7.15. The fourth-order valence-corrected chi connectivity index (χ4v) is 3.48. The van der Waals surface area contributed by atoms with Crippen LogP contribution in [0.4, 0.5) is 0 Å². The quantitative estimate of drug-likeness (QED) is 0.630. The summed E-state index contributed by atoms with van der Waals surface area (Å²) in [5.41, 5.74) is 3.24. The minimum atomic E-state index is -0.00531. The first-order valence-corrected chi connectivity index (χ1v) is 8.85. The van der Waals surface area contributed by atoms with Gasteiger partial charge in [-0.3, -0.25) is 4.79 Å². The maximum atomic E-state index is 12.5. The topological polar surface area (TPSA) is 38.4 Å². The number of likely N-dealkylation sites (N-methyl/N-ethyl adjacent to an activating group) is 1. The van der Waals surface area contributed by atoms with Crippen molar-refractivity contribution in [3.63, 3.8) is 0 Å². The van der Waals surface area contributed by atoms with Crippen molar-refractivity contribution < 1.29 is 9.21 Å². The standard InChI is InChI=1S/C18H18N2O2S2/c1-13-5-7-14(8-6-13)16-12-24-18(23)20(16)11-17(21)19(2)10-15-4-3-9-22-15/h3-9,12H,10-11H2,1-2H3. The lowest BCUT2D eigenvalue weighted by Gasteiger charge is -2.17. The van der Waals surface area contributed by atoms with E-state index in [-0.39, 0.29) is 12.5 Å². The predicted octanol–water partition coefficient (Wildman–Crippen LogP) is 4.51. The van der Waals surface area contributed by atoms with Crippen LogP contribution >= 0.6 is 23.6 Å². The van der Waals surface area contributed by atoms with E-state index in [1.165, 1.54) is 16.9 Å². The summed E-state index contributed by atoms with van der Waals surface area (Å²) in [5.74, 6) is 0.757. The molecule has 0 spiro atoms. The van der Waals surface area contributed by atoms with Crippen molar-refractivity contribution in [3.8, 4) is 11.3 Å². The van der Waals surface area contributed by atoms with Crippen LogP contribution in [-0.2, 0) is 17.9 Å². The number of rotatable bonds is 5. The first-order valence-electron chi connectivity index (χ1n) is 7.56. The van der Waals surface area contributed by atoms with E-state index in [9.17, 15) is 4.79 Å². The van der Waals surface area contributed by atoms with Crippen LogP contribution in [0.3, 0.4) is 0 Å². The van der Waals surface area contributed by atoms with Crippen LogP contribution in [0.2, 0.25) is 0 Å². The number of aryl methyl sites for hydroxylation is 1. The zero-order valence-corrected chi connectivity index (χ0v) is 15.2. The summed E-state index contributed by atoms with van der Waals surface area (Å²) < 4.78 is 7.89. The first-order chi connectivity index (χ1) is 11.5. The number of hydrogen-bond acceptors (Lipinski definition) is 4. The Balaban J connectivity index is 1.80. The second-order valence-corrected chi connectivity index (χ2v) is 7.17. The highest BCUT2D eigenvalue weighted by atomic mass is 32.1. The molecule has 0 bridgehead atoms. The third-order valence-electron chi connectivity index (χ3n) is 3.82. The van der Waals surface area contributed by atoms with Crippen molar-refractivity contribution in [1.82, 2.24) is 9.47 Å². The van der Waals surface area contributed by atoms with Crippen molar-refractivity contribution in [3.05, 3.63) is 63.3 Å². The fraction of sp³-hybridized carbons (Fsp3) is 0.222. The lowest BCUT2D eigenvalue weighted by Crippen LogP contribution is -2.29. The van der Waals surface area contributed by atoms with Crippen molar-refractivity contribution in [2.45, 2.75) is 20.0 Å². The van der Waals surface area contributed by atoms with E-state index in [2.05, 4.69) is 31.2 Å². The molecule has 0 saturated heterocycles. The number of amides is 1. The molecule has 3 aromatic rings. The molecule has 0 aliphatic heterocycles. The van der Waals surface area contributed by atoms with Gasteiger partial charge in [0.05, 0.1) is 18.5 Å². The van der Waals surface area contributed by atoms with Crippen molar-refractivity contribution >= 4 is 29.5 Å². The Morgan fingerprint density at radius 3 is 2.71 bits per heavy atom. The van der Waals surface area contributed by atoms with E-state index in [0.29, 0.717) is 10.5 Å². The Hall–Kier alpha value is -2.18. The molecule has 1 amide bonds.